The topological polar surface area (TPSA) is 259 Å². The van der Waals surface area contributed by atoms with Crippen molar-refractivity contribution in [3.8, 4) is 23.0 Å². The maximum atomic E-state index is 14.2. The van der Waals surface area contributed by atoms with Crippen LogP contribution in [0.15, 0.2) is 84.9 Å². The molecule has 0 aromatic heterocycles. The molecule has 0 radical (unpaired) electrons. The number of hydrogen-bond acceptors (Lipinski definition) is 16. The molecule has 5 rings (SSSR count). The van der Waals surface area contributed by atoms with Gasteiger partial charge in [0.15, 0.2) is 0 Å². The van der Waals surface area contributed by atoms with Crippen LogP contribution in [0.5, 0.6) is 23.0 Å². The number of para-hydroxylation sites is 2. The molecule has 5 aromatic rings. The maximum absolute atomic E-state index is 14.2. The first-order valence-electron chi connectivity index (χ1n) is 21.5. The minimum absolute atomic E-state index is 0.0675. The molecule has 0 fully saturated rings. The van der Waals surface area contributed by atoms with Crippen LogP contribution in [-0.4, -0.2) is 102 Å². The fourth-order valence-corrected chi connectivity index (χ4v) is 6.80. The summed E-state index contributed by atoms with van der Waals surface area (Å²) in [6.07, 6.45) is 0. The Hall–Kier alpha value is -8.94. The molecule has 0 atom stereocenters. The molecule has 5 aromatic carbocycles. The Balaban J connectivity index is 1.56. The summed E-state index contributed by atoms with van der Waals surface area (Å²) >= 11 is 0. The maximum Gasteiger partial charge on any atom is 0.340 e. The van der Waals surface area contributed by atoms with Gasteiger partial charge in [0.2, 0.25) is 0 Å². The molecule has 20 heteroatoms. The third-order valence-corrected chi connectivity index (χ3v) is 10.0. The summed E-state index contributed by atoms with van der Waals surface area (Å²) < 4.78 is 42.8. The summed E-state index contributed by atoms with van der Waals surface area (Å²) in [6, 6.07) is 19.5. The monoisotopic (exact) mass is 962 g/mol. The van der Waals surface area contributed by atoms with Crippen molar-refractivity contribution >= 4 is 70.3 Å². The van der Waals surface area contributed by atoms with E-state index in [2.05, 4.69) is 21.3 Å². The van der Waals surface area contributed by atoms with Gasteiger partial charge in [-0.15, -0.1) is 0 Å². The van der Waals surface area contributed by atoms with Crippen LogP contribution in [0, 0.1) is 0 Å². The number of amides is 4. The Morgan fingerprint density at radius 2 is 0.571 bits per heavy atom. The highest BCUT2D eigenvalue weighted by atomic mass is 16.5. The number of nitrogens with one attached hydrogen (secondary N) is 4. The van der Waals surface area contributed by atoms with E-state index < -0.39 is 47.5 Å². The average Bonchev–Trinajstić information content (AvgIpc) is 3.36. The number of rotatable bonds is 20. The van der Waals surface area contributed by atoms with E-state index in [1.54, 1.807) is 64.1 Å². The minimum Gasteiger partial charge on any atom is -0.496 e. The summed E-state index contributed by atoms with van der Waals surface area (Å²) in [5.74, 6) is -6.87. The number of carbonyl (C=O) groups is 8. The Morgan fingerprint density at radius 1 is 0.329 bits per heavy atom. The number of benzene rings is 5. The van der Waals surface area contributed by atoms with Gasteiger partial charge < -0.3 is 59.2 Å². The molecule has 0 aliphatic carbocycles. The lowest BCUT2D eigenvalue weighted by Gasteiger charge is -2.19. The second kappa shape index (κ2) is 24.2. The molecular formula is C50H50N4O16. The number of hydrogen-bond donors (Lipinski definition) is 4. The molecule has 70 heavy (non-hydrogen) atoms. The van der Waals surface area contributed by atoms with Crippen molar-refractivity contribution in [2.45, 2.75) is 27.7 Å². The first-order valence-corrected chi connectivity index (χ1v) is 21.5. The van der Waals surface area contributed by atoms with Gasteiger partial charge >= 0.3 is 23.9 Å². The molecule has 0 unspecified atom stereocenters. The first-order chi connectivity index (χ1) is 33.7. The van der Waals surface area contributed by atoms with Crippen molar-refractivity contribution in [1.29, 1.82) is 0 Å². The van der Waals surface area contributed by atoms with E-state index >= 15 is 0 Å². The van der Waals surface area contributed by atoms with E-state index in [9.17, 15) is 38.4 Å². The van der Waals surface area contributed by atoms with Crippen LogP contribution < -0.4 is 40.2 Å². The fourth-order valence-electron chi connectivity index (χ4n) is 6.80. The summed E-state index contributed by atoms with van der Waals surface area (Å²) in [5, 5.41) is 10.4. The lowest BCUT2D eigenvalue weighted by atomic mass is 10.0. The lowest BCUT2D eigenvalue weighted by molar-refractivity contribution is 0.0513. The number of anilines is 4. The Labute approximate surface area is 401 Å². The van der Waals surface area contributed by atoms with E-state index in [1.807, 2.05) is 0 Å². The largest absolute Gasteiger partial charge is 0.496 e. The molecular weight excluding hydrogens is 913 g/mol. The Morgan fingerprint density at radius 3 is 0.814 bits per heavy atom. The standard InChI is InChI=1S/C50H50N4O16/c1-9-67-47(59)29-23-37(31(49(61)69-11-3)21-35(29)51-43(55)27-17-13-15-19-39(27)63-5)53-45(57)33-25-42(66-8)34(26-41(33)65-7)46(58)54-38-24-30(48(60)68-10-2)36(22-32(38)50(62)70-12-4)52-44(56)28-18-14-16-20-40(28)64-6/h13-26H,9-12H2,1-8H3,(H,51,55)(H,52,56)(H,53,57)(H,54,58). The molecule has 4 N–H and O–H groups in total. The predicted molar refractivity (Wildman–Crippen MR) is 254 cm³/mol. The van der Waals surface area contributed by atoms with E-state index in [4.69, 9.17) is 37.9 Å². The molecule has 4 amide bonds. The van der Waals surface area contributed by atoms with E-state index in [1.165, 1.54) is 40.6 Å². The van der Waals surface area contributed by atoms with Gasteiger partial charge in [0, 0.05) is 0 Å². The van der Waals surface area contributed by atoms with E-state index in [0.29, 0.717) is 0 Å². The van der Waals surface area contributed by atoms with Gasteiger partial charge in [0.05, 0.1) is 122 Å². The van der Waals surface area contributed by atoms with Gasteiger partial charge in [0.1, 0.15) is 23.0 Å². The number of methoxy groups -OCH3 is 4. The van der Waals surface area contributed by atoms with E-state index in [0.717, 1.165) is 36.4 Å². The Kier molecular flexibility index (Phi) is 18.0. The molecule has 20 nitrogen and oxygen atoms in total. The zero-order valence-corrected chi connectivity index (χ0v) is 39.4. The van der Waals surface area contributed by atoms with Crippen LogP contribution in [0.25, 0.3) is 0 Å². The predicted octanol–water partition coefficient (Wildman–Crippen LogP) is 7.44. The van der Waals surface area contributed by atoms with Crippen LogP contribution in [0.1, 0.15) is 111 Å². The second-order valence-electron chi connectivity index (χ2n) is 14.2. The molecule has 0 spiro atoms. The van der Waals surface area contributed by atoms with Crippen LogP contribution in [0.2, 0.25) is 0 Å². The van der Waals surface area contributed by atoms with Crippen LogP contribution in [0.4, 0.5) is 22.7 Å². The lowest BCUT2D eigenvalue weighted by Crippen LogP contribution is -2.22. The quantitative estimate of drug-likeness (QED) is 0.0436. The molecule has 0 saturated carbocycles. The molecule has 0 aliphatic heterocycles. The van der Waals surface area contributed by atoms with Crippen LogP contribution in [-0.2, 0) is 18.9 Å². The zero-order valence-electron chi connectivity index (χ0n) is 39.4. The van der Waals surface area contributed by atoms with E-state index in [-0.39, 0.29) is 117 Å². The molecule has 0 aliphatic rings. The second-order valence-corrected chi connectivity index (χ2v) is 14.2. The van der Waals surface area contributed by atoms with Crippen molar-refractivity contribution in [3.63, 3.8) is 0 Å². The SMILES string of the molecule is CCOC(=O)c1cc(NC(=O)c2cc(OC)c(C(=O)Nc3cc(C(=O)OCC)c(NC(=O)c4ccccc4OC)cc3C(=O)OCC)cc2OC)c(C(=O)OCC)cc1NC(=O)c1ccccc1OC. The van der Waals surface area contributed by atoms with Crippen molar-refractivity contribution in [1.82, 2.24) is 0 Å². The summed E-state index contributed by atoms with van der Waals surface area (Å²) in [7, 11) is 5.18. The molecule has 0 heterocycles. The number of esters is 4. The number of carbonyl (C=O) groups excluding carboxylic acids is 8. The van der Waals surface area contributed by atoms with Gasteiger partial charge in [-0.3, -0.25) is 19.2 Å². The normalized spacial score (nSPS) is 10.4. The van der Waals surface area contributed by atoms with Gasteiger partial charge in [-0.1, -0.05) is 24.3 Å². The highest BCUT2D eigenvalue weighted by molar-refractivity contribution is 6.17. The van der Waals surface area contributed by atoms with Crippen molar-refractivity contribution in [2.24, 2.45) is 0 Å². The molecule has 0 saturated heterocycles. The van der Waals surface area contributed by atoms with Crippen LogP contribution in [0.3, 0.4) is 0 Å². The highest BCUT2D eigenvalue weighted by Crippen LogP contribution is 2.35. The molecule has 0 bridgehead atoms. The number of ether oxygens (including phenoxy) is 8. The third kappa shape index (κ3) is 12.0. The van der Waals surface area contributed by atoms with Crippen molar-refractivity contribution < 1.29 is 76.3 Å². The zero-order chi connectivity index (χ0) is 51.1. The van der Waals surface area contributed by atoms with Crippen molar-refractivity contribution in [3.05, 3.63) is 129 Å². The third-order valence-electron chi connectivity index (χ3n) is 10.0. The highest BCUT2D eigenvalue weighted by Gasteiger charge is 2.29. The average molecular weight is 963 g/mol. The minimum atomic E-state index is -0.933. The van der Waals surface area contributed by atoms with Gasteiger partial charge in [0.25, 0.3) is 23.6 Å². The summed E-state index contributed by atoms with van der Waals surface area (Å²) in [5.41, 5.74) is -2.07. The molecule has 366 valence electrons. The van der Waals surface area contributed by atoms with Crippen LogP contribution >= 0.6 is 0 Å². The smallest absolute Gasteiger partial charge is 0.340 e. The fraction of sp³-hybridized carbons (Fsp3) is 0.240. The summed E-state index contributed by atoms with van der Waals surface area (Å²) in [4.78, 5) is 109. The first kappa shape index (κ1) is 52.0. The van der Waals surface area contributed by atoms with Gasteiger partial charge in [-0.25, -0.2) is 19.2 Å². The van der Waals surface area contributed by atoms with Gasteiger partial charge in [-0.05, 0) is 88.4 Å². The van der Waals surface area contributed by atoms with Gasteiger partial charge in [-0.2, -0.15) is 0 Å². The Bertz CT molecular complexity index is 2650. The summed E-state index contributed by atoms with van der Waals surface area (Å²) in [6.45, 7) is 5.93. The van der Waals surface area contributed by atoms with Crippen molar-refractivity contribution in [2.75, 3.05) is 76.1 Å².